The van der Waals surface area contributed by atoms with Crippen molar-refractivity contribution in [2.75, 3.05) is 38.3 Å². The van der Waals surface area contributed by atoms with Crippen LogP contribution in [0.15, 0.2) is 18.2 Å². The molecule has 2 rings (SSSR count). The first kappa shape index (κ1) is 16.3. The minimum atomic E-state index is 0.765. The number of methoxy groups -OCH3 is 1. The van der Waals surface area contributed by atoms with Crippen LogP contribution in [0.3, 0.4) is 0 Å². The molecule has 1 unspecified atom stereocenters. The summed E-state index contributed by atoms with van der Waals surface area (Å²) in [5, 5.41) is 3.40. The van der Waals surface area contributed by atoms with Gasteiger partial charge in [-0.25, -0.2) is 0 Å². The summed E-state index contributed by atoms with van der Waals surface area (Å²) in [6, 6.07) is 6.87. The first-order valence-corrected chi connectivity index (χ1v) is 8.16. The topological polar surface area (TPSA) is 24.5 Å². The minimum Gasteiger partial charge on any atom is -0.383 e. The number of rotatable bonds is 7. The number of hydrogen-bond acceptors (Lipinski definition) is 3. The Morgan fingerprint density at radius 3 is 2.81 bits per heavy atom. The predicted octanol–water partition coefficient (Wildman–Crippen LogP) is 3.21. The van der Waals surface area contributed by atoms with Crippen molar-refractivity contribution in [1.29, 1.82) is 0 Å². The molecular weight excluding hydrogens is 260 g/mol. The Labute approximate surface area is 129 Å². The molecule has 1 atom stereocenters. The van der Waals surface area contributed by atoms with Gasteiger partial charge in [-0.3, -0.25) is 0 Å². The predicted molar refractivity (Wildman–Crippen MR) is 89.9 cm³/mol. The molecule has 1 aliphatic rings. The van der Waals surface area contributed by atoms with Crippen molar-refractivity contribution in [3.8, 4) is 0 Å². The zero-order valence-electron chi connectivity index (χ0n) is 14.0. The lowest BCUT2D eigenvalue weighted by molar-refractivity contribution is 0.199. The molecule has 1 aliphatic heterocycles. The highest BCUT2D eigenvalue weighted by molar-refractivity contribution is 5.55. The number of nitrogens with zero attached hydrogens (tertiary/aromatic N) is 1. The summed E-state index contributed by atoms with van der Waals surface area (Å²) in [4.78, 5) is 2.56. The third-order valence-corrected chi connectivity index (χ3v) is 4.58. The highest BCUT2D eigenvalue weighted by Crippen LogP contribution is 2.30. The van der Waals surface area contributed by atoms with Gasteiger partial charge in [0, 0.05) is 39.0 Å². The summed E-state index contributed by atoms with van der Waals surface area (Å²) in [6.07, 6.45) is 1.33. The highest BCUT2D eigenvalue weighted by atomic mass is 16.5. The fourth-order valence-corrected chi connectivity index (χ4v) is 3.14. The van der Waals surface area contributed by atoms with Gasteiger partial charge in [-0.2, -0.15) is 0 Å². The van der Waals surface area contributed by atoms with Crippen LogP contribution in [-0.2, 0) is 11.3 Å². The number of hydrogen-bond donors (Lipinski definition) is 1. The van der Waals surface area contributed by atoms with Crippen LogP contribution in [0.2, 0.25) is 0 Å². The number of aryl methyl sites for hydroxylation is 1. The molecule has 0 saturated carbocycles. The molecular formula is C18H30N2O. The molecule has 118 valence electrons. The molecule has 3 nitrogen and oxygen atoms in total. The van der Waals surface area contributed by atoms with E-state index in [0.29, 0.717) is 0 Å². The standard InChI is InChI=1S/C18H30N2O/c1-14(2)17-7-9-20(13-17)18-6-5-16(11-15(18)3)12-19-8-10-21-4/h5-6,11,14,17,19H,7-10,12-13H2,1-4H3. The fraction of sp³-hybridized carbons (Fsp3) is 0.667. The molecule has 0 spiro atoms. The van der Waals surface area contributed by atoms with Crippen LogP contribution >= 0.6 is 0 Å². The maximum atomic E-state index is 5.05. The van der Waals surface area contributed by atoms with Crippen LogP contribution in [0.5, 0.6) is 0 Å². The monoisotopic (exact) mass is 290 g/mol. The van der Waals surface area contributed by atoms with E-state index in [1.165, 1.54) is 36.3 Å². The summed E-state index contributed by atoms with van der Waals surface area (Å²) in [5.41, 5.74) is 4.16. The Morgan fingerprint density at radius 1 is 1.38 bits per heavy atom. The largest absolute Gasteiger partial charge is 0.383 e. The Hall–Kier alpha value is -1.06. The molecule has 0 aliphatic carbocycles. The first-order valence-electron chi connectivity index (χ1n) is 8.16. The number of nitrogens with one attached hydrogen (secondary N) is 1. The number of anilines is 1. The molecule has 0 radical (unpaired) electrons. The van der Waals surface area contributed by atoms with Crippen molar-refractivity contribution < 1.29 is 4.74 Å². The van der Waals surface area contributed by atoms with Crippen molar-refractivity contribution in [3.05, 3.63) is 29.3 Å². The van der Waals surface area contributed by atoms with Crippen molar-refractivity contribution >= 4 is 5.69 Å². The van der Waals surface area contributed by atoms with Gasteiger partial charge in [0.1, 0.15) is 0 Å². The van der Waals surface area contributed by atoms with E-state index in [9.17, 15) is 0 Å². The van der Waals surface area contributed by atoms with Crippen molar-refractivity contribution in [3.63, 3.8) is 0 Å². The van der Waals surface area contributed by atoms with Gasteiger partial charge in [0.15, 0.2) is 0 Å². The molecule has 1 fully saturated rings. The number of benzene rings is 1. The summed E-state index contributed by atoms with van der Waals surface area (Å²) in [7, 11) is 1.74. The van der Waals surface area contributed by atoms with Crippen molar-refractivity contribution in [2.24, 2.45) is 11.8 Å². The van der Waals surface area contributed by atoms with E-state index in [1.54, 1.807) is 7.11 Å². The molecule has 0 bridgehead atoms. The Balaban J connectivity index is 1.93. The van der Waals surface area contributed by atoms with Gasteiger partial charge in [0.2, 0.25) is 0 Å². The van der Waals surface area contributed by atoms with Gasteiger partial charge in [-0.15, -0.1) is 0 Å². The normalized spacial score (nSPS) is 18.7. The zero-order chi connectivity index (χ0) is 15.2. The third kappa shape index (κ3) is 4.45. The highest BCUT2D eigenvalue weighted by Gasteiger charge is 2.25. The van der Waals surface area contributed by atoms with Gasteiger partial charge in [0.25, 0.3) is 0 Å². The van der Waals surface area contributed by atoms with Gasteiger partial charge < -0.3 is 15.0 Å². The molecule has 1 aromatic carbocycles. The van der Waals surface area contributed by atoms with Gasteiger partial charge >= 0.3 is 0 Å². The van der Waals surface area contributed by atoms with Crippen LogP contribution < -0.4 is 10.2 Å². The van der Waals surface area contributed by atoms with Crippen LogP contribution in [0.25, 0.3) is 0 Å². The van der Waals surface area contributed by atoms with Crippen molar-refractivity contribution in [2.45, 2.75) is 33.7 Å². The summed E-state index contributed by atoms with van der Waals surface area (Å²) in [6.45, 7) is 11.9. The lowest BCUT2D eigenvalue weighted by atomic mass is 9.95. The van der Waals surface area contributed by atoms with E-state index < -0.39 is 0 Å². The summed E-state index contributed by atoms with van der Waals surface area (Å²) in [5.74, 6) is 1.64. The van der Waals surface area contributed by atoms with Gasteiger partial charge in [-0.1, -0.05) is 26.0 Å². The lowest BCUT2D eigenvalue weighted by Crippen LogP contribution is -2.22. The average Bonchev–Trinajstić information content (AvgIpc) is 2.93. The summed E-state index contributed by atoms with van der Waals surface area (Å²) >= 11 is 0. The van der Waals surface area contributed by atoms with E-state index in [-0.39, 0.29) is 0 Å². The summed E-state index contributed by atoms with van der Waals surface area (Å²) < 4.78 is 5.05. The molecule has 1 heterocycles. The molecule has 0 amide bonds. The quantitative estimate of drug-likeness (QED) is 0.780. The smallest absolute Gasteiger partial charge is 0.0587 e. The van der Waals surface area contributed by atoms with Crippen LogP contribution in [-0.4, -0.2) is 33.4 Å². The second kappa shape index (κ2) is 7.81. The Morgan fingerprint density at radius 2 is 2.19 bits per heavy atom. The van der Waals surface area contributed by atoms with Gasteiger partial charge in [0.05, 0.1) is 6.61 Å². The minimum absolute atomic E-state index is 0.765. The SMILES string of the molecule is COCCNCc1ccc(N2CCC(C(C)C)C2)c(C)c1. The molecule has 1 aromatic rings. The number of ether oxygens (including phenoxy) is 1. The van der Waals surface area contributed by atoms with E-state index >= 15 is 0 Å². The maximum Gasteiger partial charge on any atom is 0.0587 e. The average molecular weight is 290 g/mol. The van der Waals surface area contributed by atoms with E-state index in [4.69, 9.17) is 4.74 Å². The molecule has 1 N–H and O–H groups in total. The van der Waals surface area contributed by atoms with E-state index in [1.807, 2.05) is 0 Å². The third-order valence-electron chi connectivity index (χ3n) is 4.58. The van der Waals surface area contributed by atoms with E-state index in [2.05, 4.69) is 49.2 Å². The van der Waals surface area contributed by atoms with Crippen LogP contribution in [0, 0.1) is 18.8 Å². The Kier molecular flexibility index (Phi) is 6.07. The van der Waals surface area contributed by atoms with Crippen LogP contribution in [0.1, 0.15) is 31.4 Å². The van der Waals surface area contributed by atoms with Gasteiger partial charge in [-0.05, 0) is 42.4 Å². The lowest BCUT2D eigenvalue weighted by Gasteiger charge is -2.22. The Bertz CT molecular complexity index is 445. The fourth-order valence-electron chi connectivity index (χ4n) is 3.14. The molecule has 1 saturated heterocycles. The van der Waals surface area contributed by atoms with Crippen molar-refractivity contribution in [1.82, 2.24) is 5.32 Å². The zero-order valence-corrected chi connectivity index (χ0v) is 14.0. The second-order valence-corrected chi connectivity index (χ2v) is 6.53. The van der Waals surface area contributed by atoms with Crippen LogP contribution in [0.4, 0.5) is 5.69 Å². The molecule has 3 heteroatoms. The second-order valence-electron chi connectivity index (χ2n) is 6.53. The molecule has 21 heavy (non-hydrogen) atoms. The maximum absolute atomic E-state index is 5.05. The van der Waals surface area contributed by atoms with E-state index in [0.717, 1.165) is 31.5 Å². The first-order chi connectivity index (χ1) is 10.1. The molecule has 0 aromatic heterocycles.